The van der Waals surface area contributed by atoms with E-state index in [4.69, 9.17) is 9.47 Å². The summed E-state index contributed by atoms with van der Waals surface area (Å²) in [5, 5.41) is 3.04. The molecule has 0 radical (unpaired) electrons. The van der Waals surface area contributed by atoms with E-state index in [-0.39, 0.29) is 29.9 Å². The lowest BCUT2D eigenvalue weighted by molar-refractivity contribution is -0.139. The second-order valence-corrected chi connectivity index (χ2v) is 11.4. The number of sulfonamides is 1. The minimum Gasteiger partial charge on any atom is -0.497 e. The van der Waals surface area contributed by atoms with Crippen molar-refractivity contribution in [3.63, 3.8) is 0 Å². The standard InChI is InChI=1S/C27H36FN3O6S/c1-19(27(33)29-22-8-6-5-7-9-22)30(17-20-10-12-21(28)13-11-20)26(32)18-31(38(4,34)35)24-15-14-23(36-2)16-25(24)37-3/h10-16,19,22H,5-9,17-18H2,1-4H3,(H,29,33). The van der Waals surface area contributed by atoms with Gasteiger partial charge in [-0.3, -0.25) is 13.9 Å². The van der Waals surface area contributed by atoms with E-state index in [1.165, 1.54) is 55.5 Å². The number of benzene rings is 2. The molecule has 1 saturated carbocycles. The van der Waals surface area contributed by atoms with Gasteiger partial charge in [-0.05, 0) is 49.6 Å². The average Bonchev–Trinajstić information content (AvgIpc) is 2.90. The van der Waals surface area contributed by atoms with Crippen LogP contribution in [0.15, 0.2) is 42.5 Å². The van der Waals surface area contributed by atoms with Crippen LogP contribution in [0.5, 0.6) is 11.5 Å². The lowest BCUT2D eigenvalue weighted by Gasteiger charge is -2.33. The first-order chi connectivity index (χ1) is 18.0. The fraction of sp³-hybridized carbons (Fsp3) is 0.481. The van der Waals surface area contributed by atoms with Crippen molar-refractivity contribution in [1.82, 2.24) is 10.2 Å². The van der Waals surface area contributed by atoms with E-state index >= 15 is 0 Å². The van der Waals surface area contributed by atoms with Gasteiger partial charge < -0.3 is 19.7 Å². The highest BCUT2D eigenvalue weighted by molar-refractivity contribution is 7.92. The molecule has 38 heavy (non-hydrogen) atoms. The summed E-state index contributed by atoms with van der Waals surface area (Å²) in [6, 6.07) is 9.34. The molecule has 1 atom stereocenters. The molecule has 9 nitrogen and oxygen atoms in total. The number of carbonyl (C=O) groups excluding carboxylic acids is 2. The Balaban J connectivity index is 1.91. The van der Waals surface area contributed by atoms with Crippen molar-refractivity contribution in [2.24, 2.45) is 0 Å². The Morgan fingerprint density at radius 3 is 2.29 bits per heavy atom. The Morgan fingerprint density at radius 1 is 1.05 bits per heavy atom. The highest BCUT2D eigenvalue weighted by atomic mass is 32.2. The lowest BCUT2D eigenvalue weighted by Crippen LogP contribution is -2.53. The van der Waals surface area contributed by atoms with Gasteiger partial charge in [-0.1, -0.05) is 31.4 Å². The van der Waals surface area contributed by atoms with Gasteiger partial charge in [0.25, 0.3) is 0 Å². The molecule has 2 aromatic carbocycles. The van der Waals surface area contributed by atoms with Crippen LogP contribution in [-0.2, 0) is 26.2 Å². The summed E-state index contributed by atoms with van der Waals surface area (Å²) >= 11 is 0. The maximum atomic E-state index is 13.7. The fourth-order valence-corrected chi connectivity index (χ4v) is 5.38. The number of ether oxygens (including phenoxy) is 2. The molecule has 0 saturated heterocycles. The summed E-state index contributed by atoms with van der Waals surface area (Å²) in [5.41, 5.74) is 0.759. The van der Waals surface area contributed by atoms with Gasteiger partial charge in [0.2, 0.25) is 21.8 Å². The highest BCUT2D eigenvalue weighted by Crippen LogP contribution is 2.33. The monoisotopic (exact) mass is 549 g/mol. The van der Waals surface area contributed by atoms with Gasteiger partial charge in [-0.25, -0.2) is 12.8 Å². The number of hydrogen-bond acceptors (Lipinski definition) is 6. The van der Waals surface area contributed by atoms with Crippen LogP contribution in [0.25, 0.3) is 0 Å². The van der Waals surface area contributed by atoms with Crippen LogP contribution in [-0.4, -0.2) is 64.2 Å². The van der Waals surface area contributed by atoms with Crippen LogP contribution >= 0.6 is 0 Å². The molecule has 11 heteroatoms. The number of hydrogen-bond donors (Lipinski definition) is 1. The summed E-state index contributed by atoms with van der Waals surface area (Å²) in [4.78, 5) is 28.2. The van der Waals surface area contributed by atoms with Crippen molar-refractivity contribution in [1.29, 1.82) is 0 Å². The molecule has 3 rings (SSSR count). The van der Waals surface area contributed by atoms with Gasteiger partial charge in [-0.15, -0.1) is 0 Å². The van der Waals surface area contributed by atoms with Crippen molar-refractivity contribution >= 4 is 27.5 Å². The van der Waals surface area contributed by atoms with Crippen molar-refractivity contribution in [2.75, 3.05) is 31.3 Å². The molecule has 2 amide bonds. The Hall–Kier alpha value is -3.34. The van der Waals surface area contributed by atoms with E-state index in [0.29, 0.717) is 11.3 Å². The zero-order valence-corrected chi connectivity index (χ0v) is 23.1. The molecule has 0 spiro atoms. The minimum absolute atomic E-state index is 0.00425. The van der Waals surface area contributed by atoms with Gasteiger partial charge in [0.1, 0.15) is 29.9 Å². The molecule has 0 aromatic heterocycles. The van der Waals surface area contributed by atoms with Crippen LogP contribution in [0, 0.1) is 5.82 Å². The quantitative estimate of drug-likeness (QED) is 0.460. The summed E-state index contributed by atoms with van der Waals surface area (Å²) in [5.74, 6) is -0.680. The first-order valence-corrected chi connectivity index (χ1v) is 14.4. The Kier molecular flexibility index (Phi) is 9.96. The van der Waals surface area contributed by atoms with Crippen LogP contribution in [0.3, 0.4) is 0 Å². The number of methoxy groups -OCH3 is 2. The second-order valence-electron chi connectivity index (χ2n) is 9.48. The Labute approximate surface area is 224 Å². The number of anilines is 1. The molecule has 208 valence electrons. The first kappa shape index (κ1) is 29.2. The molecule has 0 bridgehead atoms. The number of rotatable bonds is 11. The van der Waals surface area contributed by atoms with E-state index in [1.807, 2.05) is 0 Å². The molecule has 1 unspecified atom stereocenters. The predicted octanol–water partition coefficient (Wildman–Crippen LogP) is 3.48. The van der Waals surface area contributed by atoms with Crippen molar-refractivity contribution in [2.45, 2.75) is 57.7 Å². The molecule has 1 aliphatic rings. The molecule has 1 N–H and O–H groups in total. The highest BCUT2D eigenvalue weighted by Gasteiger charge is 2.32. The first-order valence-electron chi connectivity index (χ1n) is 12.6. The van der Waals surface area contributed by atoms with E-state index in [2.05, 4.69) is 5.32 Å². The van der Waals surface area contributed by atoms with Gasteiger partial charge in [0.05, 0.1) is 26.2 Å². The molecule has 1 aliphatic carbocycles. The minimum atomic E-state index is -3.93. The number of nitrogens with zero attached hydrogens (tertiary/aromatic N) is 2. The van der Waals surface area contributed by atoms with Crippen molar-refractivity contribution in [3.05, 3.63) is 53.8 Å². The maximum Gasteiger partial charge on any atom is 0.244 e. The van der Waals surface area contributed by atoms with E-state index in [0.717, 1.165) is 42.7 Å². The van der Waals surface area contributed by atoms with E-state index in [1.54, 1.807) is 13.0 Å². The summed E-state index contributed by atoms with van der Waals surface area (Å²) < 4.78 is 50.7. The molecule has 2 aromatic rings. The average molecular weight is 550 g/mol. The van der Waals surface area contributed by atoms with E-state index < -0.39 is 34.3 Å². The maximum absolute atomic E-state index is 13.7. The van der Waals surface area contributed by atoms with Crippen LogP contribution in [0.2, 0.25) is 0 Å². The topological polar surface area (TPSA) is 105 Å². The predicted molar refractivity (Wildman–Crippen MR) is 143 cm³/mol. The molecule has 0 heterocycles. The molecule has 1 fully saturated rings. The molecular weight excluding hydrogens is 513 g/mol. The van der Waals surface area contributed by atoms with Crippen molar-refractivity contribution < 1.29 is 31.9 Å². The smallest absolute Gasteiger partial charge is 0.244 e. The van der Waals surface area contributed by atoms with Crippen LogP contribution in [0.4, 0.5) is 10.1 Å². The van der Waals surface area contributed by atoms with Crippen LogP contribution in [0.1, 0.15) is 44.6 Å². The largest absolute Gasteiger partial charge is 0.497 e. The zero-order valence-electron chi connectivity index (χ0n) is 22.3. The number of halogens is 1. The second kappa shape index (κ2) is 12.9. The number of amides is 2. The number of carbonyl (C=O) groups is 2. The summed E-state index contributed by atoms with van der Waals surface area (Å²) in [6.07, 6.45) is 5.95. The van der Waals surface area contributed by atoms with Gasteiger partial charge in [0, 0.05) is 18.7 Å². The van der Waals surface area contributed by atoms with Gasteiger partial charge in [0.15, 0.2) is 0 Å². The number of nitrogens with one attached hydrogen (secondary N) is 1. The lowest BCUT2D eigenvalue weighted by atomic mass is 9.95. The van der Waals surface area contributed by atoms with Crippen LogP contribution < -0.4 is 19.1 Å². The molecular formula is C27H36FN3O6S. The fourth-order valence-electron chi connectivity index (χ4n) is 4.52. The van der Waals surface area contributed by atoms with Crippen molar-refractivity contribution in [3.8, 4) is 11.5 Å². The summed E-state index contributed by atoms with van der Waals surface area (Å²) in [7, 11) is -1.07. The normalized spacial score (nSPS) is 14.9. The van der Waals surface area contributed by atoms with Gasteiger partial charge in [-0.2, -0.15) is 0 Å². The Bertz CT molecular complexity index is 1220. The third-order valence-electron chi connectivity index (χ3n) is 6.72. The summed E-state index contributed by atoms with van der Waals surface area (Å²) in [6.45, 7) is 1.04. The molecule has 0 aliphatic heterocycles. The Morgan fingerprint density at radius 2 is 1.71 bits per heavy atom. The van der Waals surface area contributed by atoms with E-state index in [9.17, 15) is 22.4 Å². The van der Waals surface area contributed by atoms with Gasteiger partial charge >= 0.3 is 0 Å². The third-order valence-corrected chi connectivity index (χ3v) is 7.85. The SMILES string of the molecule is COc1ccc(N(CC(=O)N(Cc2ccc(F)cc2)C(C)C(=O)NC2CCCCC2)S(C)(=O)=O)c(OC)c1. The third kappa shape index (κ3) is 7.59. The zero-order chi connectivity index (χ0) is 27.9.